The van der Waals surface area contributed by atoms with E-state index in [0.29, 0.717) is 44.5 Å². The molecule has 0 aliphatic carbocycles. The van der Waals surface area contributed by atoms with Crippen LogP contribution < -0.4 is 19.5 Å². The van der Waals surface area contributed by atoms with Crippen LogP contribution in [0.5, 0.6) is 17.2 Å². The van der Waals surface area contributed by atoms with Crippen molar-refractivity contribution in [2.24, 2.45) is 0 Å². The van der Waals surface area contributed by atoms with E-state index in [0.717, 1.165) is 5.56 Å². The number of ether oxygens (including phenoxy) is 3. The molecule has 1 aliphatic heterocycles. The van der Waals surface area contributed by atoms with Crippen molar-refractivity contribution in [2.45, 2.75) is 6.61 Å². The summed E-state index contributed by atoms with van der Waals surface area (Å²) in [5, 5.41) is 5.35. The SMILES string of the molecule is O=C(Nc1cccc(Cl)c1Cl)c1cc(COc2ccc3c(c2)OCO3)cs1. The van der Waals surface area contributed by atoms with Crippen molar-refractivity contribution in [1.29, 1.82) is 0 Å². The Bertz CT molecular complexity index is 1010. The molecule has 0 atom stereocenters. The van der Waals surface area contributed by atoms with E-state index in [4.69, 9.17) is 37.4 Å². The first-order valence-corrected chi connectivity index (χ1v) is 9.59. The Morgan fingerprint density at radius 1 is 1.15 bits per heavy atom. The van der Waals surface area contributed by atoms with Crippen molar-refractivity contribution < 1.29 is 19.0 Å². The van der Waals surface area contributed by atoms with Crippen LogP contribution in [0.4, 0.5) is 5.69 Å². The number of hydrogen-bond donors (Lipinski definition) is 1. The number of hydrogen-bond acceptors (Lipinski definition) is 5. The molecule has 5 nitrogen and oxygen atoms in total. The molecule has 1 amide bonds. The summed E-state index contributed by atoms with van der Waals surface area (Å²) in [6, 6.07) is 12.3. The predicted octanol–water partition coefficient (Wildman–Crippen LogP) is 5.61. The lowest BCUT2D eigenvalue weighted by atomic mass is 10.3. The minimum absolute atomic E-state index is 0.221. The maximum absolute atomic E-state index is 12.4. The normalized spacial score (nSPS) is 12.1. The molecule has 0 fully saturated rings. The van der Waals surface area contributed by atoms with Crippen LogP contribution in [0.25, 0.3) is 0 Å². The number of fused-ring (bicyclic) bond motifs is 1. The quantitative estimate of drug-likeness (QED) is 0.580. The largest absolute Gasteiger partial charge is 0.489 e. The van der Waals surface area contributed by atoms with Crippen molar-refractivity contribution in [3.8, 4) is 17.2 Å². The van der Waals surface area contributed by atoms with Crippen molar-refractivity contribution in [3.05, 3.63) is 68.3 Å². The van der Waals surface area contributed by atoms with Crippen molar-refractivity contribution in [2.75, 3.05) is 12.1 Å². The molecule has 1 N–H and O–H groups in total. The van der Waals surface area contributed by atoms with E-state index in [2.05, 4.69) is 5.32 Å². The Kier molecular flexibility index (Phi) is 5.11. The molecule has 4 rings (SSSR count). The summed E-state index contributed by atoms with van der Waals surface area (Å²) >= 11 is 13.4. The summed E-state index contributed by atoms with van der Waals surface area (Å²) in [5.74, 6) is 1.79. The average molecular weight is 422 g/mol. The maximum Gasteiger partial charge on any atom is 0.265 e. The highest BCUT2D eigenvalue weighted by molar-refractivity contribution is 7.12. The average Bonchev–Trinajstić information content (AvgIpc) is 3.32. The second kappa shape index (κ2) is 7.68. The lowest BCUT2D eigenvalue weighted by molar-refractivity contribution is 0.103. The summed E-state index contributed by atoms with van der Waals surface area (Å²) in [4.78, 5) is 13.0. The van der Waals surface area contributed by atoms with Crippen LogP contribution in [0.3, 0.4) is 0 Å². The van der Waals surface area contributed by atoms with E-state index in [1.807, 2.05) is 11.4 Å². The first kappa shape index (κ1) is 18.0. The monoisotopic (exact) mass is 421 g/mol. The third-order valence-electron chi connectivity index (χ3n) is 3.83. The Morgan fingerprint density at radius 2 is 2.00 bits per heavy atom. The standard InChI is InChI=1S/C19H13Cl2NO4S/c20-13-2-1-3-14(18(13)21)22-19(23)17-6-11(9-27-17)8-24-12-4-5-15-16(7-12)26-10-25-15/h1-7,9H,8,10H2,(H,22,23). The molecule has 1 aliphatic rings. The molecule has 0 saturated heterocycles. The minimum atomic E-state index is -0.251. The topological polar surface area (TPSA) is 56.8 Å². The molecule has 0 saturated carbocycles. The Labute approximate surface area is 169 Å². The number of carbonyl (C=O) groups is 1. The first-order valence-electron chi connectivity index (χ1n) is 7.95. The molecule has 0 unspecified atom stereocenters. The van der Waals surface area contributed by atoms with Crippen LogP contribution in [0.15, 0.2) is 47.8 Å². The third kappa shape index (κ3) is 3.98. The second-order valence-corrected chi connectivity index (χ2v) is 7.37. The zero-order valence-electron chi connectivity index (χ0n) is 13.8. The van der Waals surface area contributed by atoms with Gasteiger partial charge in [-0.05, 0) is 35.7 Å². The van der Waals surface area contributed by atoms with Gasteiger partial charge in [0.25, 0.3) is 5.91 Å². The molecule has 1 aromatic heterocycles. The summed E-state index contributed by atoms with van der Waals surface area (Å²) in [7, 11) is 0. The zero-order chi connectivity index (χ0) is 18.8. The molecule has 138 valence electrons. The third-order valence-corrected chi connectivity index (χ3v) is 5.62. The molecule has 0 spiro atoms. The summed E-state index contributed by atoms with van der Waals surface area (Å²) in [6.07, 6.45) is 0. The molecular weight excluding hydrogens is 409 g/mol. The number of carbonyl (C=O) groups excluding carboxylic acids is 1. The number of rotatable bonds is 5. The van der Waals surface area contributed by atoms with Gasteiger partial charge in [-0.15, -0.1) is 11.3 Å². The van der Waals surface area contributed by atoms with Crippen LogP contribution in [-0.4, -0.2) is 12.7 Å². The van der Waals surface area contributed by atoms with E-state index in [1.165, 1.54) is 11.3 Å². The van der Waals surface area contributed by atoms with Crippen LogP contribution in [0.2, 0.25) is 10.0 Å². The lowest BCUT2D eigenvalue weighted by Crippen LogP contribution is -2.10. The number of thiophene rings is 1. The van der Waals surface area contributed by atoms with Gasteiger partial charge in [0, 0.05) is 11.6 Å². The maximum atomic E-state index is 12.4. The minimum Gasteiger partial charge on any atom is -0.489 e. The number of benzene rings is 2. The number of anilines is 1. The Balaban J connectivity index is 1.39. The van der Waals surface area contributed by atoms with Crippen molar-refractivity contribution in [1.82, 2.24) is 0 Å². The van der Waals surface area contributed by atoms with Crippen molar-refractivity contribution in [3.63, 3.8) is 0 Å². The fourth-order valence-corrected chi connectivity index (χ4v) is 3.63. The van der Waals surface area contributed by atoms with E-state index >= 15 is 0 Å². The molecule has 27 heavy (non-hydrogen) atoms. The summed E-state index contributed by atoms with van der Waals surface area (Å²) in [6.45, 7) is 0.555. The van der Waals surface area contributed by atoms with Gasteiger partial charge < -0.3 is 19.5 Å². The Morgan fingerprint density at radius 3 is 2.89 bits per heavy atom. The van der Waals surface area contributed by atoms with Gasteiger partial charge in [-0.3, -0.25) is 4.79 Å². The number of halogens is 2. The fraction of sp³-hybridized carbons (Fsp3) is 0.105. The first-order chi connectivity index (χ1) is 13.1. The molecule has 8 heteroatoms. The van der Waals surface area contributed by atoms with Gasteiger partial charge in [0.05, 0.1) is 20.6 Å². The van der Waals surface area contributed by atoms with E-state index in [-0.39, 0.29) is 12.7 Å². The van der Waals surface area contributed by atoms with Gasteiger partial charge in [0.15, 0.2) is 11.5 Å². The summed E-state index contributed by atoms with van der Waals surface area (Å²) in [5.41, 5.74) is 1.36. The van der Waals surface area contributed by atoms with Gasteiger partial charge in [-0.25, -0.2) is 0 Å². The van der Waals surface area contributed by atoms with Gasteiger partial charge in [0.2, 0.25) is 6.79 Å². The van der Waals surface area contributed by atoms with Gasteiger partial charge in [0.1, 0.15) is 12.4 Å². The second-order valence-electron chi connectivity index (χ2n) is 5.68. The van der Waals surface area contributed by atoms with Crippen LogP contribution in [-0.2, 0) is 6.61 Å². The van der Waals surface area contributed by atoms with E-state index in [1.54, 1.807) is 36.4 Å². The highest BCUT2D eigenvalue weighted by Crippen LogP contribution is 2.35. The summed E-state index contributed by atoms with van der Waals surface area (Å²) < 4.78 is 16.4. The van der Waals surface area contributed by atoms with Gasteiger partial charge in [-0.2, -0.15) is 0 Å². The van der Waals surface area contributed by atoms with Gasteiger partial charge >= 0.3 is 0 Å². The van der Waals surface area contributed by atoms with Crippen LogP contribution in [0.1, 0.15) is 15.2 Å². The number of nitrogens with one attached hydrogen (secondary N) is 1. The molecule has 3 aromatic rings. The molecule has 0 radical (unpaired) electrons. The van der Waals surface area contributed by atoms with Crippen LogP contribution in [0, 0.1) is 0 Å². The van der Waals surface area contributed by atoms with Crippen LogP contribution >= 0.6 is 34.5 Å². The highest BCUT2D eigenvalue weighted by Gasteiger charge is 2.15. The van der Waals surface area contributed by atoms with Gasteiger partial charge in [-0.1, -0.05) is 29.3 Å². The number of amides is 1. The molecular formula is C19H13Cl2NO4S. The molecule has 2 heterocycles. The zero-order valence-corrected chi connectivity index (χ0v) is 16.2. The lowest BCUT2D eigenvalue weighted by Gasteiger charge is -2.07. The predicted molar refractivity (Wildman–Crippen MR) is 106 cm³/mol. The fourth-order valence-electron chi connectivity index (χ4n) is 2.49. The van der Waals surface area contributed by atoms with Crippen molar-refractivity contribution >= 4 is 46.1 Å². The highest BCUT2D eigenvalue weighted by atomic mass is 35.5. The van der Waals surface area contributed by atoms with E-state index < -0.39 is 0 Å². The molecule has 2 aromatic carbocycles. The Hall–Kier alpha value is -2.41. The smallest absolute Gasteiger partial charge is 0.265 e. The molecule has 0 bridgehead atoms. The van der Waals surface area contributed by atoms with E-state index in [9.17, 15) is 4.79 Å².